The third-order valence-corrected chi connectivity index (χ3v) is 3.93. The van der Waals surface area contributed by atoms with Crippen LogP contribution < -0.4 is 5.32 Å². The van der Waals surface area contributed by atoms with E-state index in [0.717, 1.165) is 12.0 Å². The number of nitrogens with one attached hydrogen (secondary N) is 1. The highest BCUT2D eigenvalue weighted by atomic mass is 16.5. The topological polar surface area (TPSA) is 55.4 Å². The molecule has 0 spiro atoms. The van der Waals surface area contributed by atoms with Crippen LogP contribution in [0.4, 0.5) is 5.69 Å². The van der Waals surface area contributed by atoms with E-state index >= 15 is 0 Å². The highest BCUT2D eigenvalue weighted by molar-refractivity contribution is 5.92. The van der Waals surface area contributed by atoms with Crippen LogP contribution in [-0.2, 0) is 20.7 Å². The summed E-state index contributed by atoms with van der Waals surface area (Å²) in [6.45, 7) is 4.03. The zero-order chi connectivity index (χ0) is 17.4. The molecule has 0 aliphatic carbocycles. The summed E-state index contributed by atoms with van der Waals surface area (Å²) < 4.78 is 5.01. The van der Waals surface area contributed by atoms with Gasteiger partial charge >= 0.3 is 5.97 Å². The van der Waals surface area contributed by atoms with Gasteiger partial charge in [-0.25, -0.2) is 0 Å². The first-order valence-corrected chi connectivity index (χ1v) is 8.18. The Morgan fingerprint density at radius 2 is 1.71 bits per heavy atom. The van der Waals surface area contributed by atoms with Gasteiger partial charge < -0.3 is 10.1 Å². The highest BCUT2D eigenvalue weighted by Gasteiger charge is 2.09. The lowest BCUT2D eigenvalue weighted by Crippen LogP contribution is -2.21. The average molecular weight is 325 g/mol. The summed E-state index contributed by atoms with van der Waals surface area (Å²) in [5, 5.41) is 2.73. The Kier molecular flexibility index (Phi) is 6.55. The van der Waals surface area contributed by atoms with Crippen molar-refractivity contribution in [3.8, 4) is 0 Å². The molecular formula is C20H23NO3. The summed E-state index contributed by atoms with van der Waals surface area (Å²) in [6.07, 6.45) is 1.24. The van der Waals surface area contributed by atoms with Crippen LogP contribution in [0.15, 0.2) is 54.6 Å². The summed E-state index contributed by atoms with van der Waals surface area (Å²) in [7, 11) is 0. The summed E-state index contributed by atoms with van der Waals surface area (Å²) in [5.74, 6) is -0.259. The Labute approximate surface area is 142 Å². The molecule has 1 amide bonds. The van der Waals surface area contributed by atoms with Crippen LogP contribution in [0.3, 0.4) is 0 Å². The van der Waals surface area contributed by atoms with Crippen molar-refractivity contribution in [3.05, 3.63) is 65.7 Å². The molecule has 4 heteroatoms. The first-order chi connectivity index (χ1) is 11.6. The molecule has 2 aromatic rings. The third-order valence-electron chi connectivity index (χ3n) is 3.93. The first-order valence-electron chi connectivity index (χ1n) is 8.18. The molecule has 0 heterocycles. The molecule has 2 rings (SSSR count). The molecule has 0 saturated carbocycles. The lowest BCUT2D eigenvalue weighted by molar-refractivity contribution is -0.146. The van der Waals surface area contributed by atoms with Gasteiger partial charge in [-0.15, -0.1) is 0 Å². The van der Waals surface area contributed by atoms with E-state index in [4.69, 9.17) is 4.74 Å². The molecule has 0 unspecified atom stereocenters. The second-order valence-electron chi connectivity index (χ2n) is 5.80. The van der Waals surface area contributed by atoms with E-state index in [1.165, 1.54) is 5.56 Å². The number of rotatable bonds is 7. The van der Waals surface area contributed by atoms with Crippen molar-refractivity contribution in [2.45, 2.75) is 32.6 Å². The highest BCUT2D eigenvalue weighted by Crippen LogP contribution is 2.20. The van der Waals surface area contributed by atoms with Gasteiger partial charge in [0, 0.05) is 5.69 Å². The van der Waals surface area contributed by atoms with Gasteiger partial charge in [0.05, 0.1) is 6.42 Å². The fourth-order valence-electron chi connectivity index (χ4n) is 2.29. The number of amides is 1. The molecule has 0 aromatic heterocycles. The quantitative estimate of drug-likeness (QED) is 0.785. The van der Waals surface area contributed by atoms with Gasteiger partial charge in [-0.1, -0.05) is 56.3 Å². The van der Waals surface area contributed by atoms with Gasteiger partial charge in [0.1, 0.15) is 0 Å². The van der Waals surface area contributed by atoms with Crippen LogP contribution in [-0.4, -0.2) is 18.5 Å². The maximum atomic E-state index is 11.9. The van der Waals surface area contributed by atoms with E-state index in [1.807, 2.05) is 54.6 Å². The van der Waals surface area contributed by atoms with Gasteiger partial charge in [0.15, 0.2) is 6.61 Å². The zero-order valence-corrected chi connectivity index (χ0v) is 14.1. The van der Waals surface area contributed by atoms with Crippen molar-refractivity contribution in [2.24, 2.45) is 0 Å². The molecule has 0 fully saturated rings. The van der Waals surface area contributed by atoms with Crippen molar-refractivity contribution in [2.75, 3.05) is 11.9 Å². The van der Waals surface area contributed by atoms with Crippen LogP contribution in [0.5, 0.6) is 0 Å². The van der Waals surface area contributed by atoms with Crippen molar-refractivity contribution in [1.29, 1.82) is 0 Å². The number of esters is 1. The molecule has 126 valence electrons. The predicted octanol–water partition coefficient (Wildman–Crippen LogP) is 3.92. The standard InChI is InChI=1S/C20H23NO3/c1-3-15(2)17-9-11-18(12-10-17)21-19(22)14-24-20(23)13-16-7-5-4-6-8-16/h4-12,15H,3,13-14H2,1-2H3,(H,21,22)/t15-/m1/s1. The lowest BCUT2D eigenvalue weighted by Gasteiger charge is -2.10. The average Bonchev–Trinajstić information content (AvgIpc) is 2.61. The van der Waals surface area contributed by atoms with Gasteiger partial charge in [0.2, 0.25) is 0 Å². The zero-order valence-electron chi connectivity index (χ0n) is 14.1. The Hall–Kier alpha value is -2.62. The van der Waals surface area contributed by atoms with E-state index in [0.29, 0.717) is 11.6 Å². The number of ether oxygens (including phenoxy) is 1. The Morgan fingerprint density at radius 3 is 2.33 bits per heavy atom. The summed E-state index contributed by atoms with van der Waals surface area (Å²) in [4.78, 5) is 23.6. The van der Waals surface area contributed by atoms with E-state index in [2.05, 4.69) is 19.2 Å². The SMILES string of the molecule is CC[C@@H](C)c1ccc(NC(=O)COC(=O)Cc2ccccc2)cc1. The van der Waals surface area contributed by atoms with Gasteiger partial charge in [-0.05, 0) is 35.6 Å². The maximum absolute atomic E-state index is 11.9. The van der Waals surface area contributed by atoms with Crippen molar-refractivity contribution in [3.63, 3.8) is 0 Å². The number of hydrogen-bond acceptors (Lipinski definition) is 3. The molecule has 2 aromatic carbocycles. The Bertz CT molecular complexity index is 665. The first kappa shape index (κ1) is 17.7. The van der Waals surface area contributed by atoms with Gasteiger partial charge in [-0.2, -0.15) is 0 Å². The normalized spacial score (nSPS) is 11.6. The molecule has 0 radical (unpaired) electrons. The van der Waals surface area contributed by atoms with E-state index < -0.39 is 5.97 Å². The van der Waals surface area contributed by atoms with Crippen LogP contribution in [0.25, 0.3) is 0 Å². The van der Waals surface area contributed by atoms with E-state index in [1.54, 1.807) is 0 Å². The van der Waals surface area contributed by atoms with Crippen LogP contribution in [0.2, 0.25) is 0 Å². The number of anilines is 1. The molecule has 0 aliphatic heterocycles. The number of benzene rings is 2. The number of carbonyl (C=O) groups is 2. The van der Waals surface area contributed by atoms with Crippen LogP contribution >= 0.6 is 0 Å². The summed E-state index contributed by atoms with van der Waals surface area (Å²) >= 11 is 0. The Balaban J connectivity index is 1.77. The molecule has 0 bridgehead atoms. The smallest absolute Gasteiger partial charge is 0.310 e. The summed E-state index contributed by atoms with van der Waals surface area (Å²) in [6, 6.07) is 17.0. The fraction of sp³-hybridized carbons (Fsp3) is 0.300. The molecule has 0 aliphatic rings. The molecule has 1 N–H and O–H groups in total. The second kappa shape index (κ2) is 8.87. The molecule has 0 saturated heterocycles. The van der Waals surface area contributed by atoms with Gasteiger partial charge in [0.25, 0.3) is 5.91 Å². The van der Waals surface area contributed by atoms with E-state index in [9.17, 15) is 9.59 Å². The number of carbonyl (C=O) groups excluding carboxylic acids is 2. The maximum Gasteiger partial charge on any atom is 0.310 e. The minimum atomic E-state index is -0.413. The molecule has 24 heavy (non-hydrogen) atoms. The van der Waals surface area contributed by atoms with Crippen LogP contribution in [0, 0.1) is 0 Å². The minimum Gasteiger partial charge on any atom is -0.455 e. The molecular weight excluding hydrogens is 302 g/mol. The minimum absolute atomic E-state index is 0.164. The van der Waals surface area contributed by atoms with Crippen molar-refractivity contribution < 1.29 is 14.3 Å². The molecule has 4 nitrogen and oxygen atoms in total. The van der Waals surface area contributed by atoms with Crippen LogP contribution in [0.1, 0.15) is 37.3 Å². The lowest BCUT2D eigenvalue weighted by atomic mass is 9.99. The third kappa shape index (κ3) is 5.54. The summed E-state index contributed by atoms with van der Waals surface area (Å²) in [5.41, 5.74) is 2.81. The number of hydrogen-bond donors (Lipinski definition) is 1. The monoisotopic (exact) mass is 325 g/mol. The second-order valence-corrected chi connectivity index (χ2v) is 5.80. The van der Waals surface area contributed by atoms with Crippen molar-refractivity contribution in [1.82, 2.24) is 0 Å². The Morgan fingerprint density at radius 1 is 1.04 bits per heavy atom. The predicted molar refractivity (Wildman–Crippen MR) is 94.9 cm³/mol. The van der Waals surface area contributed by atoms with Gasteiger partial charge in [-0.3, -0.25) is 9.59 Å². The van der Waals surface area contributed by atoms with Crippen molar-refractivity contribution >= 4 is 17.6 Å². The van der Waals surface area contributed by atoms with E-state index in [-0.39, 0.29) is 18.9 Å². The molecule has 1 atom stereocenters. The largest absolute Gasteiger partial charge is 0.455 e. The fourth-order valence-corrected chi connectivity index (χ4v) is 2.29.